The predicted octanol–water partition coefficient (Wildman–Crippen LogP) is 3.79. The summed E-state index contributed by atoms with van der Waals surface area (Å²) in [4.78, 5) is 8.72. The minimum absolute atomic E-state index is 0.473. The lowest BCUT2D eigenvalue weighted by Crippen LogP contribution is -2.21. The number of benzene rings is 1. The number of rotatable bonds is 4. The van der Waals surface area contributed by atoms with Gasteiger partial charge in [-0.25, -0.2) is 0 Å². The number of hydrogen-bond donors (Lipinski definition) is 1. The number of aromatic nitrogens is 2. The van der Waals surface area contributed by atoms with E-state index < -0.39 is 0 Å². The van der Waals surface area contributed by atoms with Gasteiger partial charge in [-0.3, -0.25) is 9.97 Å². The zero-order chi connectivity index (χ0) is 14.7. The fourth-order valence-corrected chi connectivity index (χ4v) is 2.32. The molecule has 1 aromatic carbocycles. The third-order valence-electron chi connectivity index (χ3n) is 3.45. The van der Waals surface area contributed by atoms with Crippen molar-refractivity contribution in [3.8, 4) is 11.1 Å². The molecule has 2 heterocycles. The molecule has 0 aliphatic heterocycles. The number of pyridine rings is 2. The molecule has 106 valence electrons. The van der Waals surface area contributed by atoms with E-state index in [1.54, 1.807) is 0 Å². The second kappa shape index (κ2) is 6.02. The molecule has 1 N–H and O–H groups in total. The van der Waals surface area contributed by atoms with E-state index in [0.29, 0.717) is 6.04 Å². The largest absolute Gasteiger partial charge is 0.310 e. The van der Waals surface area contributed by atoms with Gasteiger partial charge in [0.05, 0.1) is 5.52 Å². The van der Waals surface area contributed by atoms with Crippen LogP contribution in [0, 0.1) is 0 Å². The van der Waals surface area contributed by atoms with Gasteiger partial charge in [0.2, 0.25) is 0 Å². The van der Waals surface area contributed by atoms with E-state index >= 15 is 0 Å². The Morgan fingerprint density at radius 1 is 1.05 bits per heavy atom. The van der Waals surface area contributed by atoms with E-state index in [1.165, 1.54) is 11.1 Å². The van der Waals surface area contributed by atoms with Crippen LogP contribution in [0.15, 0.2) is 55.0 Å². The summed E-state index contributed by atoms with van der Waals surface area (Å²) in [5.74, 6) is 0. The summed E-state index contributed by atoms with van der Waals surface area (Å²) in [5, 5.41) is 4.57. The van der Waals surface area contributed by atoms with Crippen molar-refractivity contribution < 1.29 is 0 Å². The first kappa shape index (κ1) is 13.7. The lowest BCUT2D eigenvalue weighted by Gasteiger charge is -2.09. The summed E-state index contributed by atoms with van der Waals surface area (Å²) in [6.45, 7) is 5.13. The number of nitrogens with zero attached hydrogens (tertiary/aromatic N) is 2. The molecule has 3 heteroatoms. The zero-order valence-electron chi connectivity index (χ0n) is 12.4. The maximum Gasteiger partial charge on any atom is 0.0702 e. The molecule has 0 fully saturated rings. The molecule has 0 amide bonds. The molecule has 0 atom stereocenters. The van der Waals surface area contributed by atoms with Crippen LogP contribution in [0.2, 0.25) is 0 Å². The minimum Gasteiger partial charge on any atom is -0.310 e. The highest BCUT2D eigenvalue weighted by molar-refractivity contribution is 5.84. The Labute approximate surface area is 125 Å². The van der Waals surface area contributed by atoms with E-state index in [0.717, 1.165) is 23.0 Å². The lowest BCUT2D eigenvalue weighted by atomic mass is 10.0. The Balaban J connectivity index is 1.92. The van der Waals surface area contributed by atoms with Crippen molar-refractivity contribution >= 4 is 10.9 Å². The van der Waals surface area contributed by atoms with E-state index in [9.17, 15) is 0 Å². The third-order valence-corrected chi connectivity index (χ3v) is 3.45. The Hall–Kier alpha value is -2.26. The third kappa shape index (κ3) is 3.26. The van der Waals surface area contributed by atoms with Crippen molar-refractivity contribution in [1.29, 1.82) is 0 Å². The molecule has 0 radical (unpaired) electrons. The predicted molar refractivity (Wildman–Crippen MR) is 86.9 cm³/mol. The highest BCUT2D eigenvalue weighted by atomic mass is 14.9. The average Bonchev–Trinajstić information content (AvgIpc) is 2.53. The van der Waals surface area contributed by atoms with Crippen LogP contribution in [0.5, 0.6) is 0 Å². The summed E-state index contributed by atoms with van der Waals surface area (Å²) in [6, 6.07) is 13.0. The monoisotopic (exact) mass is 277 g/mol. The van der Waals surface area contributed by atoms with E-state index in [4.69, 9.17) is 0 Å². The summed E-state index contributed by atoms with van der Waals surface area (Å²) in [5.41, 5.74) is 4.54. The summed E-state index contributed by atoms with van der Waals surface area (Å²) in [7, 11) is 0. The van der Waals surface area contributed by atoms with Crippen LogP contribution in [-0.4, -0.2) is 16.0 Å². The van der Waals surface area contributed by atoms with Crippen LogP contribution in [0.1, 0.15) is 19.4 Å². The van der Waals surface area contributed by atoms with Crippen LogP contribution >= 0.6 is 0 Å². The Bertz CT molecular complexity index is 750. The molecule has 3 nitrogen and oxygen atoms in total. The van der Waals surface area contributed by atoms with Gasteiger partial charge in [0.1, 0.15) is 0 Å². The van der Waals surface area contributed by atoms with Gasteiger partial charge in [0.15, 0.2) is 0 Å². The van der Waals surface area contributed by atoms with Crippen LogP contribution in [0.4, 0.5) is 0 Å². The topological polar surface area (TPSA) is 37.8 Å². The molecule has 0 unspecified atom stereocenters. The second-order valence-electron chi connectivity index (χ2n) is 5.53. The van der Waals surface area contributed by atoms with Gasteiger partial charge in [0.25, 0.3) is 0 Å². The van der Waals surface area contributed by atoms with Gasteiger partial charge in [-0.05, 0) is 35.4 Å². The van der Waals surface area contributed by atoms with Crippen molar-refractivity contribution in [2.24, 2.45) is 0 Å². The molecule has 3 rings (SSSR count). The first-order valence-electron chi connectivity index (χ1n) is 7.25. The Morgan fingerprint density at radius 2 is 1.95 bits per heavy atom. The van der Waals surface area contributed by atoms with Crippen LogP contribution in [-0.2, 0) is 6.54 Å². The van der Waals surface area contributed by atoms with E-state index in [-0.39, 0.29) is 0 Å². The molecule has 0 saturated carbocycles. The standard InChI is InChI=1S/C18H19N3/c1-13(2)21-11-14-8-17(12-19-10-14)15-5-6-18-16(9-15)4-3-7-20-18/h3-10,12-13,21H,11H2,1-2H3. The molecular formula is C18H19N3. The second-order valence-corrected chi connectivity index (χ2v) is 5.53. The highest BCUT2D eigenvalue weighted by Crippen LogP contribution is 2.23. The lowest BCUT2D eigenvalue weighted by molar-refractivity contribution is 0.588. The van der Waals surface area contributed by atoms with Gasteiger partial charge in [-0.15, -0.1) is 0 Å². The molecule has 21 heavy (non-hydrogen) atoms. The molecule has 0 spiro atoms. The minimum atomic E-state index is 0.473. The molecule has 2 aromatic heterocycles. The normalized spacial score (nSPS) is 11.2. The van der Waals surface area contributed by atoms with Gasteiger partial charge < -0.3 is 5.32 Å². The average molecular weight is 277 g/mol. The van der Waals surface area contributed by atoms with E-state index in [2.05, 4.69) is 59.5 Å². The molecule has 3 aromatic rings. The van der Waals surface area contributed by atoms with Crippen molar-refractivity contribution in [2.45, 2.75) is 26.4 Å². The molecular weight excluding hydrogens is 258 g/mol. The fourth-order valence-electron chi connectivity index (χ4n) is 2.32. The van der Waals surface area contributed by atoms with Gasteiger partial charge in [-0.1, -0.05) is 26.0 Å². The van der Waals surface area contributed by atoms with Crippen molar-refractivity contribution in [3.05, 3.63) is 60.6 Å². The SMILES string of the molecule is CC(C)NCc1cncc(-c2ccc3ncccc3c2)c1. The summed E-state index contributed by atoms with van der Waals surface area (Å²) < 4.78 is 0. The van der Waals surface area contributed by atoms with Crippen LogP contribution < -0.4 is 5.32 Å². The van der Waals surface area contributed by atoms with Crippen LogP contribution in [0.3, 0.4) is 0 Å². The fraction of sp³-hybridized carbons (Fsp3) is 0.222. The summed E-state index contributed by atoms with van der Waals surface area (Å²) >= 11 is 0. The van der Waals surface area contributed by atoms with E-state index in [1.807, 2.05) is 24.7 Å². The van der Waals surface area contributed by atoms with Crippen LogP contribution in [0.25, 0.3) is 22.0 Å². The molecule has 0 aliphatic rings. The first-order chi connectivity index (χ1) is 10.2. The zero-order valence-corrected chi connectivity index (χ0v) is 12.4. The molecule has 0 bridgehead atoms. The smallest absolute Gasteiger partial charge is 0.0702 e. The Morgan fingerprint density at radius 3 is 2.81 bits per heavy atom. The number of nitrogens with one attached hydrogen (secondary N) is 1. The highest BCUT2D eigenvalue weighted by Gasteiger charge is 2.03. The van der Waals surface area contributed by atoms with Gasteiger partial charge >= 0.3 is 0 Å². The molecule has 0 aliphatic carbocycles. The first-order valence-corrected chi connectivity index (χ1v) is 7.25. The van der Waals surface area contributed by atoms with Gasteiger partial charge in [-0.2, -0.15) is 0 Å². The number of hydrogen-bond acceptors (Lipinski definition) is 3. The van der Waals surface area contributed by atoms with Crippen molar-refractivity contribution in [1.82, 2.24) is 15.3 Å². The quantitative estimate of drug-likeness (QED) is 0.788. The number of fused-ring (bicyclic) bond motifs is 1. The Kier molecular flexibility index (Phi) is 3.93. The maximum atomic E-state index is 4.36. The van der Waals surface area contributed by atoms with Gasteiger partial charge in [0, 0.05) is 42.1 Å². The molecule has 0 saturated heterocycles. The van der Waals surface area contributed by atoms with Crippen molar-refractivity contribution in [3.63, 3.8) is 0 Å². The maximum absolute atomic E-state index is 4.36. The van der Waals surface area contributed by atoms with Crippen molar-refractivity contribution in [2.75, 3.05) is 0 Å². The summed E-state index contributed by atoms with van der Waals surface area (Å²) in [6.07, 6.45) is 5.65.